The predicted molar refractivity (Wildman–Crippen MR) is 109 cm³/mol. The molecule has 0 unspecified atom stereocenters. The molecule has 0 radical (unpaired) electrons. The summed E-state index contributed by atoms with van der Waals surface area (Å²) in [6.45, 7) is 3.79. The highest BCUT2D eigenvalue weighted by Crippen LogP contribution is 2.34. The molecule has 0 aliphatic heterocycles. The Labute approximate surface area is 175 Å². The summed E-state index contributed by atoms with van der Waals surface area (Å²) in [6.07, 6.45) is 1.05. The fraction of sp³-hybridized carbons (Fsp3) is 0.105. The summed E-state index contributed by atoms with van der Waals surface area (Å²) in [5.41, 5.74) is 5.93. The normalized spacial score (nSPS) is 10.3. The molecule has 0 saturated carbocycles. The van der Waals surface area contributed by atoms with Gasteiger partial charge in [-0.1, -0.05) is 6.07 Å². The van der Waals surface area contributed by atoms with Crippen LogP contribution in [0.1, 0.15) is 21.5 Å². The molecular weight excluding hydrogens is 408 g/mol. The average Bonchev–Trinajstić information content (AvgIpc) is 2.74. The number of nitro groups is 2. The first kappa shape index (κ1) is 21.1. The number of rotatable bonds is 7. The van der Waals surface area contributed by atoms with Gasteiger partial charge in [0.15, 0.2) is 0 Å². The molecule has 3 aromatic rings. The summed E-state index contributed by atoms with van der Waals surface area (Å²) < 4.78 is 5.57. The summed E-state index contributed by atoms with van der Waals surface area (Å²) in [5, 5.41) is 22.3. The molecule has 1 amide bonds. The van der Waals surface area contributed by atoms with Gasteiger partial charge in [0.05, 0.1) is 9.85 Å². The van der Waals surface area contributed by atoms with Crippen LogP contribution in [-0.4, -0.2) is 25.7 Å². The lowest BCUT2D eigenvalue weighted by Crippen LogP contribution is -2.30. The van der Waals surface area contributed by atoms with Crippen molar-refractivity contribution >= 4 is 23.1 Å². The van der Waals surface area contributed by atoms with E-state index in [9.17, 15) is 25.0 Å². The van der Waals surface area contributed by atoms with Gasteiger partial charge in [0.1, 0.15) is 12.1 Å². The van der Waals surface area contributed by atoms with E-state index in [1.54, 1.807) is 18.2 Å². The lowest BCUT2D eigenvalue weighted by Gasteiger charge is -2.11. The van der Waals surface area contributed by atoms with E-state index in [0.717, 1.165) is 29.6 Å². The largest absolute Gasteiger partial charge is 0.434 e. The lowest BCUT2D eigenvalue weighted by molar-refractivity contribution is -0.385. The Morgan fingerprint density at radius 1 is 0.968 bits per heavy atom. The minimum atomic E-state index is -0.739. The third-order valence-corrected chi connectivity index (χ3v) is 4.30. The van der Waals surface area contributed by atoms with Crippen LogP contribution in [0.3, 0.4) is 0 Å². The average molecular weight is 424 g/mol. The van der Waals surface area contributed by atoms with E-state index >= 15 is 0 Å². The zero-order valence-electron chi connectivity index (χ0n) is 16.4. The van der Waals surface area contributed by atoms with Crippen LogP contribution < -0.4 is 15.6 Å². The number of hydrazine groups is 1. The molecule has 0 bridgehead atoms. The zero-order valence-corrected chi connectivity index (χ0v) is 16.4. The van der Waals surface area contributed by atoms with E-state index in [-0.39, 0.29) is 22.9 Å². The van der Waals surface area contributed by atoms with Gasteiger partial charge in [-0.15, -0.1) is 0 Å². The molecular formula is C19H16N6O6. The first-order chi connectivity index (χ1) is 14.8. The maximum atomic E-state index is 12.2. The van der Waals surface area contributed by atoms with Crippen molar-refractivity contribution in [1.29, 1.82) is 0 Å². The number of nitro benzene ring substituents is 1. The molecule has 158 valence electrons. The van der Waals surface area contributed by atoms with Crippen molar-refractivity contribution < 1.29 is 19.4 Å². The van der Waals surface area contributed by atoms with Crippen LogP contribution in [0.2, 0.25) is 0 Å². The summed E-state index contributed by atoms with van der Waals surface area (Å²) in [5.74, 6) is -0.936. The number of ether oxygens (including phenoxy) is 1. The Hall–Kier alpha value is -4.61. The Bertz CT molecular complexity index is 1170. The van der Waals surface area contributed by atoms with Crippen LogP contribution in [0.15, 0.2) is 48.8 Å². The molecule has 0 aliphatic rings. The van der Waals surface area contributed by atoms with Crippen LogP contribution >= 0.6 is 0 Å². The monoisotopic (exact) mass is 424 g/mol. The van der Waals surface area contributed by atoms with Gasteiger partial charge in [-0.2, -0.15) is 4.98 Å². The number of hydrogen-bond acceptors (Lipinski definition) is 9. The van der Waals surface area contributed by atoms with Crippen molar-refractivity contribution in [1.82, 2.24) is 15.4 Å². The van der Waals surface area contributed by atoms with Gasteiger partial charge in [0, 0.05) is 17.7 Å². The second-order valence-electron chi connectivity index (χ2n) is 6.36. The third-order valence-electron chi connectivity index (χ3n) is 4.30. The summed E-state index contributed by atoms with van der Waals surface area (Å²) in [6, 6.07) is 9.99. The number of benzene rings is 2. The SMILES string of the molecule is Cc1ccc(Oc2ncnc(NNC(=O)c3ccc([N+](=O)[O-])cc3)c2[N+](=O)[O-])cc1C. The van der Waals surface area contributed by atoms with Gasteiger partial charge in [-0.05, 0) is 49.2 Å². The van der Waals surface area contributed by atoms with Crippen molar-refractivity contribution in [3.05, 3.63) is 85.7 Å². The van der Waals surface area contributed by atoms with Crippen LogP contribution in [0.25, 0.3) is 0 Å². The molecule has 1 heterocycles. The zero-order chi connectivity index (χ0) is 22.5. The number of carbonyl (C=O) groups is 1. The molecule has 2 N–H and O–H groups in total. The van der Waals surface area contributed by atoms with Crippen LogP contribution in [0.5, 0.6) is 11.6 Å². The first-order valence-corrected chi connectivity index (χ1v) is 8.81. The number of nitrogens with zero attached hydrogens (tertiary/aromatic N) is 4. The Morgan fingerprint density at radius 2 is 1.68 bits per heavy atom. The standard InChI is InChI=1S/C19H16N6O6/c1-11-3-8-15(9-12(11)2)31-19-16(25(29)30)17(20-10-21-19)22-23-18(26)13-4-6-14(7-5-13)24(27)28/h3-10H,1-2H3,(H,23,26)(H,20,21,22). The van der Waals surface area contributed by atoms with Crippen molar-refractivity contribution in [3.8, 4) is 11.6 Å². The minimum absolute atomic E-state index is 0.0985. The Balaban J connectivity index is 1.80. The highest BCUT2D eigenvalue weighted by molar-refractivity contribution is 5.95. The van der Waals surface area contributed by atoms with E-state index in [1.807, 2.05) is 13.8 Å². The van der Waals surface area contributed by atoms with E-state index in [4.69, 9.17) is 4.74 Å². The fourth-order valence-electron chi connectivity index (χ4n) is 2.51. The van der Waals surface area contributed by atoms with Crippen molar-refractivity contribution in [2.75, 3.05) is 5.43 Å². The number of aryl methyl sites for hydroxylation is 2. The van der Waals surface area contributed by atoms with Gasteiger partial charge in [0.2, 0.25) is 5.82 Å². The van der Waals surface area contributed by atoms with Gasteiger partial charge in [-0.3, -0.25) is 35.9 Å². The molecule has 3 rings (SSSR count). The molecule has 1 aromatic heterocycles. The number of aromatic nitrogens is 2. The van der Waals surface area contributed by atoms with Crippen LogP contribution in [0.4, 0.5) is 17.2 Å². The number of hydrogen-bond donors (Lipinski definition) is 2. The van der Waals surface area contributed by atoms with Crippen molar-refractivity contribution in [2.24, 2.45) is 0 Å². The summed E-state index contributed by atoms with van der Waals surface area (Å²) in [4.78, 5) is 40.8. The first-order valence-electron chi connectivity index (χ1n) is 8.81. The van der Waals surface area contributed by atoms with Gasteiger partial charge in [0.25, 0.3) is 11.6 Å². The van der Waals surface area contributed by atoms with E-state index in [1.165, 1.54) is 12.1 Å². The van der Waals surface area contributed by atoms with Gasteiger partial charge < -0.3 is 4.74 Å². The fourth-order valence-corrected chi connectivity index (χ4v) is 2.51. The smallest absolute Gasteiger partial charge is 0.374 e. The number of amides is 1. The second-order valence-corrected chi connectivity index (χ2v) is 6.36. The Morgan fingerprint density at radius 3 is 2.29 bits per heavy atom. The minimum Gasteiger partial charge on any atom is -0.434 e. The molecule has 31 heavy (non-hydrogen) atoms. The molecule has 0 atom stereocenters. The number of anilines is 1. The van der Waals surface area contributed by atoms with Gasteiger partial charge >= 0.3 is 11.6 Å². The molecule has 2 aromatic carbocycles. The molecule has 12 nitrogen and oxygen atoms in total. The van der Waals surface area contributed by atoms with Gasteiger partial charge in [-0.25, -0.2) is 4.98 Å². The number of non-ortho nitro benzene ring substituents is 1. The van der Waals surface area contributed by atoms with Crippen LogP contribution in [0, 0.1) is 34.1 Å². The summed E-state index contributed by atoms with van der Waals surface area (Å²) >= 11 is 0. The maximum Gasteiger partial charge on any atom is 0.374 e. The van der Waals surface area contributed by atoms with Crippen LogP contribution in [-0.2, 0) is 0 Å². The predicted octanol–water partition coefficient (Wildman–Crippen LogP) is 3.46. The van der Waals surface area contributed by atoms with Crippen molar-refractivity contribution in [2.45, 2.75) is 13.8 Å². The topological polar surface area (TPSA) is 162 Å². The van der Waals surface area contributed by atoms with E-state index in [2.05, 4.69) is 20.8 Å². The maximum absolute atomic E-state index is 12.2. The lowest BCUT2D eigenvalue weighted by atomic mass is 10.1. The van der Waals surface area contributed by atoms with E-state index < -0.39 is 21.4 Å². The molecule has 0 fully saturated rings. The highest BCUT2D eigenvalue weighted by atomic mass is 16.6. The van der Waals surface area contributed by atoms with E-state index in [0.29, 0.717) is 5.75 Å². The second kappa shape index (κ2) is 8.82. The molecule has 0 aliphatic carbocycles. The quantitative estimate of drug-likeness (QED) is 0.427. The van der Waals surface area contributed by atoms with Crippen molar-refractivity contribution in [3.63, 3.8) is 0 Å². The highest BCUT2D eigenvalue weighted by Gasteiger charge is 2.25. The molecule has 12 heteroatoms. The number of carbonyl (C=O) groups excluding carboxylic acids is 1. The molecule has 0 spiro atoms. The number of nitrogens with one attached hydrogen (secondary N) is 2. The summed E-state index contributed by atoms with van der Waals surface area (Å²) in [7, 11) is 0. The Kier molecular flexibility index (Phi) is 6.00. The third kappa shape index (κ3) is 4.87. The molecule has 0 saturated heterocycles.